The van der Waals surface area contributed by atoms with Crippen molar-refractivity contribution in [3.05, 3.63) is 39.7 Å². The summed E-state index contributed by atoms with van der Waals surface area (Å²) in [6, 6.07) is 4.26. The minimum atomic E-state index is -0.745. The number of likely N-dealkylation sites (N-methyl/N-ethyl adjacent to an activating group) is 1. The molecule has 0 bridgehead atoms. The molecule has 0 aliphatic carbocycles. The Balaban J connectivity index is 2.46. The van der Waals surface area contributed by atoms with Crippen LogP contribution >= 0.6 is 0 Å². The Kier molecular flexibility index (Phi) is 7.11. The molecule has 0 aliphatic rings. The van der Waals surface area contributed by atoms with Gasteiger partial charge in [0.1, 0.15) is 0 Å². The van der Waals surface area contributed by atoms with Gasteiger partial charge in [-0.3, -0.25) is 10.1 Å². The van der Waals surface area contributed by atoms with Crippen LogP contribution in [-0.2, 0) is 6.54 Å². The van der Waals surface area contributed by atoms with Crippen molar-refractivity contribution < 1.29 is 9.31 Å². The van der Waals surface area contributed by atoms with Crippen molar-refractivity contribution in [2.75, 3.05) is 26.2 Å². The summed E-state index contributed by atoms with van der Waals surface area (Å²) in [6.45, 7) is 8.20. The van der Waals surface area contributed by atoms with Gasteiger partial charge in [0, 0.05) is 31.3 Å². The van der Waals surface area contributed by atoms with Crippen LogP contribution in [0.25, 0.3) is 0 Å². The summed E-state index contributed by atoms with van der Waals surface area (Å²) in [6.07, 6.45) is 1.10. The molecule has 0 unspecified atom stereocenters. The second-order valence-electron chi connectivity index (χ2n) is 4.62. The fraction of sp³-hybridized carbons (Fsp3) is 0.571. The number of halogens is 1. The van der Waals surface area contributed by atoms with Crippen LogP contribution in [0.1, 0.15) is 25.8 Å². The van der Waals surface area contributed by atoms with Gasteiger partial charge < -0.3 is 10.2 Å². The predicted octanol–water partition coefficient (Wildman–Crippen LogP) is 2.56. The first-order valence-corrected chi connectivity index (χ1v) is 6.95. The fourth-order valence-electron chi connectivity index (χ4n) is 2.05. The molecule has 112 valence electrons. The minimum absolute atomic E-state index is 0.303. The molecule has 0 aliphatic heterocycles. The zero-order chi connectivity index (χ0) is 15.0. The molecule has 0 saturated carbocycles. The van der Waals surface area contributed by atoms with E-state index in [-0.39, 0.29) is 0 Å². The highest BCUT2D eigenvalue weighted by Gasteiger charge is 2.16. The van der Waals surface area contributed by atoms with E-state index in [2.05, 4.69) is 24.1 Å². The maximum Gasteiger partial charge on any atom is 0.305 e. The average molecular weight is 283 g/mol. The molecule has 0 aromatic heterocycles. The number of hydrogen-bond donors (Lipinski definition) is 1. The highest BCUT2D eigenvalue weighted by atomic mass is 19.1. The molecule has 5 nitrogen and oxygen atoms in total. The summed E-state index contributed by atoms with van der Waals surface area (Å²) >= 11 is 0. The van der Waals surface area contributed by atoms with Gasteiger partial charge in [0.05, 0.1) is 4.92 Å². The maximum atomic E-state index is 13.8. The third-order valence-corrected chi connectivity index (χ3v) is 3.16. The number of nitro benzene ring substituents is 1. The molecule has 0 heterocycles. The molecule has 0 saturated heterocycles. The van der Waals surface area contributed by atoms with Crippen LogP contribution in [0, 0.1) is 15.9 Å². The Morgan fingerprint density at radius 1 is 1.35 bits per heavy atom. The Labute approximate surface area is 118 Å². The van der Waals surface area contributed by atoms with E-state index >= 15 is 0 Å². The zero-order valence-corrected chi connectivity index (χ0v) is 12.1. The van der Waals surface area contributed by atoms with E-state index in [9.17, 15) is 14.5 Å². The van der Waals surface area contributed by atoms with E-state index < -0.39 is 16.4 Å². The van der Waals surface area contributed by atoms with Gasteiger partial charge in [-0.05, 0) is 19.5 Å². The molecular weight excluding hydrogens is 261 g/mol. The summed E-state index contributed by atoms with van der Waals surface area (Å²) in [5.74, 6) is -0.745. The molecule has 0 fully saturated rings. The third kappa shape index (κ3) is 4.86. The topological polar surface area (TPSA) is 58.4 Å². The molecule has 1 N–H and O–H groups in total. The molecule has 0 atom stereocenters. The lowest BCUT2D eigenvalue weighted by Crippen LogP contribution is -2.32. The lowest BCUT2D eigenvalue weighted by Gasteiger charge is -2.19. The van der Waals surface area contributed by atoms with Crippen molar-refractivity contribution in [2.24, 2.45) is 0 Å². The van der Waals surface area contributed by atoms with Crippen molar-refractivity contribution >= 4 is 5.69 Å². The van der Waals surface area contributed by atoms with Crippen molar-refractivity contribution in [2.45, 2.75) is 26.8 Å². The van der Waals surface area contributed by atoms with Crippen molar-refractivity contribution in [1.29, 1.82) is 0 Å². The summed E-state index contributed by atoms with van der Waals surface area (Å²) < 4.78 is 13.8. The molecule has 0 amide bonds. The number of nitrogens with one attached hydrogen (secondary N) is 1. The lowest BCUT2D eigenvalue weighted by atomic mass is 10.2. The number of benzene rings is 1. The smallest absolute Gasteiger partial charge is 0.305 e. The van der Waals surface area contributed by atoms with E-state index in [0.717, 1.165) is 32.6 Å². The van der Waals surface area contributed by atoms with Crippen LogP contribution in [0.15, 0.2) is 18.2 Å². The fourth-order valence-corrected chi connectivity index (χ4v) is 2.05. The number of rotatable bonds is 9. The zero-order valence-electron chi connectivity index (χ0n) is 12.1. The van der Waals surface area contributed by atoms with Gasteiger partial charge in [0.2, 0.25) is 5.82 Å². The molecule has 6 heteroatoms. The van der Waals surface area contributed by atoms with Gasteiger partial charge in [0.25, 0.3) is 0 Å². The van der Waals surface area contributed by atoms with Gasteiger partial charge in [-0.2, -0.15) is 4.39 Å². The molecule has 1 aromatic rings. The predicted molar refractivity (Wildman–Crippen MR) is 77.2 cm³/mol. The first-order valence-electron chi connectivity index (χ1n) is 6.95. The van der Waals surface area contributed by atoms with Crippen LogP contribution in [0.2, 0.25) is 0 Å². The third-order valence-electron chi connectivity index (χ3n) is 3.16. The van der Waals surface area contributed by atoms with Gasteiger partial charge in [0.15, 0.2) is 0 Å². The summed E-state index contributed by atoms with van der Waals surface area (Å²) in [4.78, 5) is 12.2. The number of hydrogen-bond acceptors (Lipinski definition) is 4. The number of nitrogens with zero attached hydrogens (tertiary/aromatic N) is 2. The van der Waals surface area contributed by atoms with E-state index in [0.29, 0.717) is 12.1 Å². The van der Waals surface area contributed by atoms with Crippen LogP contribution in [0.3, 0.4) is 0 Å². The van der Waals surface area contributed by atoms with Gasteiger partial charge >= 0.3 is 5.69 Å². The highest BCUT2D eigenvalue weighted by molar-refractivity contribution is 5.36. The molecule has 1 rings (SSSR count). The van der Waals surface area contributed by atoms with Crippen LogP contribution < -0.4 is 5.32 Å². The monoisotopic (exact) mass is 283 g/mol. The molecule has 20 heavy (non-hydrogen) atoms. The van der Waals surface area contributed by atoms with E-state index in [4.69, 9.17) is 0 Å². The minimum Gasteiger partial charge on any atom is -0.311 e. The Hall–Kier alpha value is -1.53. The van der Waals surface area contributed by atoms with Crippen molar-refractivity contribution in [3.8, 4) is 0 Å². The molecule has 0 radical (unpaired) electrons. The Bertz CT molecular complexity index is 440. The van der Waals surface area contributed by atoms with E-state index in [1.165, 1.54) is 12.1 Å². The summed E-state index contributed by atoms with van der Waals surface area (Å²) in [5, 5.41) is 13.8. The maximum absolute atomic E-state index is 13.8. The first-order chi connectivity index (χ1) is 9.60. The second-order valence-corrected chi connectivity index (χ2v) is 4.62. The van der Waals surface area contributed by atoms with Crippen molar-refractivity contribution in [3.63, 3.8) is 0 Å². The summed E-state index contributed by atoms with van der Waals surface area (Å²) in [5.41, 5.74) is -0.136. The van der Waals surface area contributed by atoms with Crippen LogP contribution in [0.4, 0.5) is 10.1 Å². The molecule has 1 aromatic carbocycles. The SMILES string of the molecule is CCCN(CC)CCNCc1cccc([N+](=O)[O-])c1F. The van der Waals surface area contributed by atoms with Gasteiger partial charge in [-0.1, -0.05) is 26.0 Å². The highest BCUT2D eigenvalue weighted by Crippen LogP contribution is 2.19. The van der Waals surface area contributed by atoms with Gasteiger partial charge in [-0.15, -0.1) is 0 Å². The molecule has 0 spiro atoms. The normalized spacial score (nSPS) is 11.0. The Morgan fingerprint density at radius 2 is 2.10 bits per heavy atom. The first kappa shape index (κ1) is 16.5. The van der Waals surface area contributed by atoms with E-state index in [1.807, 2.05) is 0 Å². The van der Waals surface area contributed by atoms with Gasteiger partial charge in [-0.25, -0.2) is 0 Å². The van der Waals surface area contributed by atoms with E-state index in [1.54, 1.807) is 6.07 Å². The quantitative estimate of drug-likeness (QED) is 0.430. The standard InChI is InChI=1S/C14H22FN3O2/c1-3-9-17(4-2)10-8-16-11-12-6-5-7-13(14(12)15)18(19)20/h5-7,16H,3-4,8-11H2,1-2H3. The Morgan fingerprint density at radius 3 is 2.70 bits per heavy atom. The average Bonchev–Trinajstić information content (AvgIpc) is 2.43. The second kappa shape index (κ2) is 8.60. The van der Waals surface area contributed by atoms with Crippen LogP contribution in [0.5, 0.6) is 0 Å². The molecular formula is C14H22FN3O2. The number of nitro groups is 1. The van der Waals surface area contributed by atoms with Crippen molar-refractivity contribution in [1.82, 2.24) is 10.2 Å². The lowest BCUT2D eigenvalue weighted by molar-refractivity contribution is -0.387. The summed E-state index contributed by atoms with van der Waals surface area (Å²) in [7, 11) is 0. The largest absolute Gasteiger partial charge is 0.311 e. The van der Waals surface area contributed by atoms with Crippen LogP contribution in [-0.4, -0.2) is 36.0 Å².